The molecule has 26 heavy (non-hydrogen) atoms. The maximum absolute atomic E-state index is 12.4. The Morgan fingerprint density at radius 2 is 1.88 bits per heavy atom. The number of cyclic esters (lactones) is 1. The van der Waals surface area contributed by atoms with E-state index in [-0.39, 0.29) is 13.1 Å². The third-order valence-corrected chi connectivity index (χ3v) is 5.88. The molecule has 0 radical (unpaired) electrons. The molecular formula is C16H19F2N3O3S2. The lowest BCUT2D eigenvalue weighted by molar-refractivity contribution is 0.142. The van der Waals surface area contributed by atoms with Gasteiger partial charge in [0.15, 0.2) is 0 Å². The van der Waals surface area contributed by atoms with Crippen LogP contribution in [-0.2, 0) is 15.5 Å². The van der Waals surface area contributed by atoms with Crippen LogP contribution in [0.2, 0.25) is 0 Å². The maximum atomic E-state index is 12.4. The van der Waals surface area contributed by atoms with E-state index in [1.165, 1.54) is 4.90 Å². The number of hydrogen-bond acceptors (Lipinski definition) is 5. The van der Waals surface area contributed by atoms with Crippen molar-refractivity contribution in [1.82, 2.24) is 5.32 Å². The largest absolute Gasteiger partial charge is 0.442 e. The predicted molar refractivity (Wildman–Crippen MR) is 101 cm³/mol. The fourth-order valence-corrected chi connectivity index (χ4v) is 4.01. The zero-order chi connectivity index (χ0) is 18.7. The molecule has 0 saturated carbocycles. The summed E-state index contributed by atoms with van der Waals surface area (Å²) in [6.45, 7) is 1.80. The molecule has 2 aliphatic heterocycles. The minimum absolute atomic E-state index is 0.0500. The van der Waals surface area contributed by atoms with Crippen LogP contribution in [0.15, 0.2) is 24.3 Å². The number of benzene rings is 1. The van der Waals surface area contributed by atoms with Crippen LogP contribution in [0.5, 0.6) is 0 Å². The molecule has 0 bridgehead atoms. The van der Waals surface area contributed by atoms with Crippen molar-refractivity contribution in [3.8, 4) is 0 Å². The van der Waals surface area contributed by atoms with Gasteiger partial charge in [0.2, 0.25) is 0 Å². The van der Waals surface area contributed by atoms with Crippen LogP contribution < -0.4 is 15.1 Å². The van der Waals surface area contributed by atoms with Crippen molar-refractivity contribution in [1.29, 1.82) is 0 Å². The summed E-state index contributed by atoms with van der Waals surface area (Å²) >= 11 is 4.51. The standard InChI is InChI=1S/C16H19F2N3O3S2/c17-14(18)15(25)19-9-13-10-21(16(22)24-13)12-3-1-11(2-4-12)20-5-7-26(23)8-6-20/h1-4,13-14H,5-10H2,(H,19,25)/t13-/m0/s1. The van der Waals surface area contributed by atoms with Crippen molar-refractivity contribution in [2.75, 3.05) is 47.5 Å². The Bertz CT molecular complexity index is 692. The van der Waals surface area contributed by atoms with Gasteiger partial charge in [-0.15, -0.1) is 0 Å². The van der Waals surface area contributed by atoms with Crippen molar-refractivity contribution in [2.24, 2.45) is 0 Å². The van der Waals surface area contributed by atoms with Crippen molar-refractivity contribution in [3.63, 3.8) is 0 Å². The van der Waals surface area contributed by atoms with E-state index in [0.717, 1.165) is 18.8 Å². The Morgan fingerprint density at radius 1 is 1.27 bits per heavy atom. The fourth-order valence-electron chi connectivity index (χ4n) is 2.87. The van der Waals surface area contributed by atoms with Crippen LogP contribution in [0.3, 0.4) is 0 Å². The summed E-state index contributed by atoms with van der Waals surface area (Å²) in [5, 5.41) is 2.42. The fraction of sp³-hybridized carbons (Fsp3) is 0.500. The molecule has 10 heteroatoms. The number of hydrogen-bond donors (Lipinski definition) is 1. The number of alkyl halides is 2. The zero-order valence-electron chi connectivity index (χ0n) is 13.9. The molecule has 1 N–H and O–H groups in total. The summed E-state index contributed by atoms with van der Waals surface area (Å²) in [4.78, 5) is 15.1. The Hall–Kier alpha value is -1.81. The lowest BCUT2D eigenvalue weighted by Gasteiger charge is -2.28. The normalized spacial score (nSPS) is 21.2. The second-order valence-corrected chi connectivity index (χ2v) is 8.15. The quantitative estimate of drug-likeness (QED) is 0.756. The molecule has 0 unspecified atom stereocenters. The summed E-state index contributed by atoms with van der Waals surface area (Å²) < 4.78 is 41.4. The summed E-state index contributed by atoms with van der Waals surface area (Å²) in [7, 11) is -0.732. The lowest BCUT2D eigenvalue weighted by atomic mass is 10.2. The van der Waals surface area contributed by atoms with Crippen molar-refractivity contribution < 1.29 is 22.5 Å². The van der Waals surface area contributed by atoms with Crippen LogP contribution in [-0.4, -0.2) is 65.5 Å². The van der Waals surface area contributed by atoms with Gasteiger partial charge in [-0.3, -0.25) is 9.11 Å². The first-order chi connectivity index (χ1) is 12.4. The van der Waals surface area contributed by atoms with Gasteiger partial charge < -0.3 is 15.0 Å². The summed E-state index contributed by atoms with van der Waals surface area (Å²) in [5.74, 6) is 1.32. The summed E-state index contributed by atoms with van der Waals surface area (Å²) in [6, 6.07) is 7.46. The molecule has 2 aliphatic rings. The molecule has 2 heterocycles. The van der Waals surface area contributed by atoms with Gasteiger partial charge >= 0.3 is 6.09 Å². The van der Waals surface area contributed by atoms with E-state index in [0.29, 0.717) is 17.2 Å². The van der Waals surface area contributed by atoms with Gasteiger partial charge in [0.25, 0.3) is 6.43 Å². The number of halogens is 2. The van der Waals surface area contributed by atoms with E-state index in [1.54, 1.807) is 0 Å². The number of ether oxygens (including phenoxy) is 1. The molecule has 1 aromatic rings. The molecule has 1 atom stereocenters. The minimum Gasteiger partial charge on any atom is -0.442 e. The van der Waals surface area contributed by atoms with Crippen molar-refractivity contribution >= 4 is 45.5 Å². The zero-order valence-corrected chi connectivity index (χ0v) is 15.5. The van der Waals surface area contributed by atoms with Crippen LogP contribution in [0.1, 0.15) is 0 Å². The van der Waals surface area contributed by atoms with Crippen molar-refractivity contribution in [3.05, 3.63) is 24.3 Å². The SMILES string of the molecule is O=C1O[C@@H](CNC(=S)C(F)F)CN1c1ccc(N2CCS(=O)CC2)cc1. The molecule has 142 valence electrons. The molecule has 0 spiro atoms. The average molecular weight is 403 g/mol. The Kier molecular flexibility index (Phi) is 6.02. The number of amides is 1. The first-order valence-corrected chi connectivity index (χ1v) is 10.1. The summed E-state index contributed by atoms with van der Waals surface area (Å²) in [5.41, 5.74) is 1.69. The smallest absolute Gasteiger partial charge is 0.414 e. The monoisotopic (exact) mass is 403 g/mol. The van der Waals surface area contributed by atoms with Crippen molar-refractivity contribution in [2.45, 2.75) is 12.5 Å². The number of nitrogens with zero attached hydrogens (tertiary/aromatic N) is 2. The van der Waals surface area contributed by atoms with Gasteiger partial charge in [-0.05, 0) is 24.3 Å². The second kappa shape index (κ2) is 8.26. The number of anilines is 2. The average Bonchev–Trinajstić information content (AvgIpc) is 3.01. The third kappa shape index (κ3) is 4.47. The third-order valence-electron chi connectivity index (χ3n) is 4.28. The lowest BCUT2D eigenvalue weighted by Crippen LogP contribution is -2.37. The number of rotatable bonds is 5. The van der Waals surface area contributed by atoms with E-state index in [9.17, 15) is 17.8 Å². The van der Waals surface area contributed by atoms with Gasteiger partial charge in [0.05, 0.1) is 13.1 Å². The Balaban J connectivity index is 1.58. The molecule has 1 amide bonds. The van der Waals surface area contributed by atoms with Gasteiger partial charge in [0.1, 0.15) is 11.1 Å². The van der Waals surface area contributed by atoms with Crippen LogP contribution in [0.4, 0.5) is 25.0 Å². The first-order valence-electron chi connectivity index (χ1n) is 8.18. The second-order valence-electron chi connectivity index (χ2n) is 6.01. The molecule has 2 saturated heterocycles. The van der Waals surface area contributed by atoms with Gasteiger partial charge in [-0.2, -0.15) is 0 Å². The first kappa shape index (κ1) is 19.0. The summed E-state index contributed by atoms with van der Waals surface area (Å²) in [6.07, 6.45) is -3.78. The topological polar surface area (TPSA) is 61.9 Å². The molecular weight excluding hydrogens is 384 g/mol. The number of nitrogens with one attached hydrogen (secondary N) is 1. The van der Waals surface area contributed by atoms with Gasteiger partial charge in [-0.25, -0.2) is 13.6 Å². The molecule has 0 aliphatic carbocycles. The number of carbonyl (C=O) groups excluding carboxylic acids is 1. The highest BCUT2D eigenvalue weighted by Crippen LogP contribution is 2.25. The van der Waals surface area contributed by atoms with E-state index < -0.39 is 34.4 Å². The molecule has 6 nitrogen and oxygen atoms in total. The highest BCUT2D eigenvalue weighted by Gasteiger charge is 2.32. The van der Waals surface area contributed by atoms with E-state index in [2.05, 4.69) is 22.4 Å². The van der Waals surface area contributed by atoms with Crippen LogP contribution >= 0.6 is 12.2 Å². The Morgan fingerprint density at radius 3 is 2.50 bits per heavy atom. The highest BCUT2D eigenvalue weighted by molar-refractivity contribution is 7.85. The molecule has 1 aromatic carbocycles. The van der Waals surface area contributed by atoms with Crippen LogP contribution in [0, 0.1) is 0 Å². The molecule has 3 rings (SSSR count). The van der Waals surface area contributed by atoms with Gasteiger partial charge in [-0.1, -0.05) is 12.2 Å². The van der Waals surface area contributed by atoms with Gasteiger partial charge in [0, 0.05) is 46.8 Å². The highest BCUT2D eigenvalue weighted by atomic mass is 32.2. The number of thiocarbonyl (C=S) groups is 1. The number of carbonyl (C=O) groups is 1. The molecule has 2 fully saturated rings. The van der Waals surface area contributed by atoms with E-state index >= 15 is 0 Å². The predicted octanol–water partition coefficient (Wildman–Crippen LogP) is 1.76. The Labute approximate surface area is 157 Å². The van der Waals surface area contributed by atoms with E-state index in [4.69, 9.17) is 4.74 Å². The maximum Gasteiger partial charge on any atom is 0.414 e. The molecule has 0 aromatic heterocycles. The minimum atomic E-state index is -2.72. The van der Waals surface area contributed by atoms with Crippen LogP contribution in [0.25, 0.3) is 0 Å². The van der Waals surface area contributed by atoms with E-state index in [1.807, 2.05) is 24.3 Å².